The Labute approximate surface area is 231 Å². The van der Waals surface area contributed by atoms with Gasteiger partial charge in [-0.25, -0.2) is 0 Å². The number of hydrogen-bond donors (Lipinski definition) is 2. The average molecular weight is 551 g/mol. The molecule has 1 saturated carbocycles. The Bertz CT molecular complexity index is 1190. The van der Waals surface area contributed by atoms with Crippen molar-refractivity contribution in [2.24, 2.45) is 11.8 Å². The lowest BCUT2D eigenvalue weighted by molar-refractivity contribution is -0.117. The van der Waals surface area contributed by atoms with Gasteiger partial charge in [0.25, 0.3) is 22.2 Å². The first-order valence-corrected chi connectivity index (χ1v) is 13.2. The molecule has 0 atom stereocenters. The van der Waals surface area contributed by atoms with Crippen LogP contribution in [0.2, 0.25) is 0 Å². The molecular weight excluding hydrogens is 524 g/mol. The lowest BCUT2D eigenvalue weighted by atomic mass is 9.83. The standard InChI is InChI=1S/C28H26N2O6S2/c31-25-23(35-27(37)29-25)13-17-5-9-21(10-6-17)33-15-19-1-2-20(4-3-19)16-34-22-11-7-18(8-12-22)14-24-26(32)30-28(38)36-24/h5-14,19-20H,1-4,15-16H2,(H,29,31,37)(H,30,32,38)/b23-13+,24-14+/t19-,20-. The van der Waals surface area contributed by atoms with Crippen molar-refractivity contribution < 1.29 is 28.5 Å². The van der Waals surface area contributed by atoms with Gasteiger partial charge in [0.05, 0.1) is 13.2 Å². The van der Waals surface area contributed by atoms with Crippen molar-refractivity contribution in [1.82, 2.24) is 10.6 Å². The van der Waals surface area contributed by atoms with Crippen LogP contribution in [0.1, 0.15) is 36.8 Å². The fourth-order valence-electron chi connectivity index (χ4n) is 4.46. The van der Waals surface area contributed by atoms with E-state index in [4.69, 9.17) is 43.4 Å². The molecule has 2 saturated heterocycles. The molecular formula is C28H26N2O6S2. The zero-order valence-corrected chi connectivity index (χ0v) is 22.1. The second-order valence-corrected chi connectivity index (χ2v) is 10.1. The van der Waals surface area contributed by atoms with Crippen LogP contribution < -0.4 is 20.1 Å². The number of hydrogen-bond acceptors (Lipinski definition) is 8. The van der Waals surface area contributed by atoms with E-state index in [1.807, 2.05) is 48.5 Å². The molecule has 0 spiro atoms. The minimum Gasteiger partial charge on any atom is -0.493 e. The largest absolute Gasteiger partial charge is 0.493 e. The Hall–Kier alpha value is -3.76. The first kappa shape index (κ1) is 25.9. The summed E-state index contributed by atoms with van der Waals surface area (Å²) in [4.78, 5) is 23.4. The van der Waals surface area contributed by atoms with Gasteiger partial charge in [-0.3, -0.25) is 20.2 Å². The van der Waals surface area contributed by atoms with Crippen molar-refractivity contribution in [2.45, 2.75) is 25.7 Å². The van der Waals surface area contributed by atoms with Gasteiger partial charge < -0.3 is 18.9 Å². The summed E-state index contributed by atoms with van der Waals surface area (Å²) in [6, 6.07) is 15.1. The molecule has 2 aromatic rings. The molecule has 10 heteroatoms. The van der Waals surface area contributed by atoms with Gasteiger partial charge in [-0.2, -0.15) is 0 Å². The molecule has 1 aliphatic carbocycles. The Morgan fingerprint density at radius 3 is 1.37 bits per heavy atom. The van der Waals surface area contributed by atoms with Crippen LogP contribution in [0, 0.1) is 11.8 Å². The molecule has 0 bridgehead atoms. The third-order valence-corrected chi connectivity index (χ3v) is 6.95. The summed E-state index contributed by atoms with van der Waals surface area (Å²) in [6.45, 7) is 1.36. The second-order valence-electron chi connectivity index (χ2n) is 9.35. The highest BCUT2D eigenvalue weighted by molar-refractivity contribution is 7.80. The van der Waals surface area contributed by atoms with E-state index in [2.05, 4.69) is 10.6 Å². The predicted octanol–water partition coefficient (Wildman–Crippen LogP) is 4.50. The number of ether oxygens (including phenoxy) is 4. The zero-order chi connectivity index (χ0) is 26.5. The van der Waals surface area contributed by atoms with Gasteiger partial charge in [-0.05, 0) is 109 Å². The number of benzene rings is 2. The molecule has 2 N–H and O–H groups in total. The van der Waals surface area contributed by atoms with Crippen LogP contribution in [0.15, 0.2) is 60.0 Å². The maximum atomic E-state index is 11.7. The SMILES string of the molecule is O=C1NC(=S)O/C1=C/c1ccc(OC[C@H]2CC[C@H](COc3ccc(/C=C4/OC(=S)NC4=O)cc3)CC2)cc1. The number of amides is 2. The van der Waals surface area contributed by atoms with Gasteiger partial charge >= 0.3 is 0 Å². The van der Waals surface area contributed by atoms with Crippen molar-refractivity contribution in [1.29, 1.82) is 0 Å². The zero-order valence-electron chi connectivity index (χ0n) is 20.4. The molecule has 2 amide bonds. The quantitative estimate of drug-likeness (QED) is 0.367. The molecule has 2 aromatic carbocycles. The number of rotatable bonds is 8. The number of carbonyl (C=O) groups is 2. The highest BCUT2D eigenvalue weighted by atomic mass is 32.1. The molecule has 2 aliphatic heterocycles. The van der Waals surface area contributed by atoms with E-state index in [0.29, 0.717) is 25.0 Å². The van der Waals surface area contributed by atoms with Gasteiger partial charge in [0.2, 0.25) is 0 Å². The minimum absolute atomic E-state index is 0.0730. The summed E-state index contributed by atoms with van der Waals surface area (Å²) in [5.74, 6) is 2.34. The summed E-state index contributed by atoms with van der Waals surface area (Å²) in [7, 11) is 0. The molecule has 0 unspecified atom stereocenters. The number of nitrogens with one attached hydrogen (secondary N) is 2. The van der Waals surface area contributed by atoms with E-state index in [9.17, 15) is 9.59 Å². The monoisotopic (exact) mass is 550 g/mol. The van der Waals surface area contributed by atoms with Crippen molar-refractivity contribution in [3.05, 3.63) is 71.2 Å². The normalized spacial score (nSPS) is 23.2. The number of carbonyl (C=O) groups excluding carboxylic acids is 2. The second kappa shape index (κ2) is 11.7. The fraction of sp³-hybridized carbons (Fsp3) is 0.286. The van der Waals surface area contributed by atoms with E-state index in [-0.39, 0.29) is 33.7 Å². The molecule has 3 fully saturated rings. The molecule has 0 radical (unpaired) electrons. The minimum atomic E-state index is -0.334. The third kappa shape index (κ3) is 6.76. The van der Waals surface area contributed by atoms with E-state index in [1.165, 1.54) is 0 Å². The highest BCUT2D eigenvalue weighted by Gasteiger charge is 2.24. The van der Waals surface area contributed by atoms with Gasteiger partial charge in [-0.1, -0.05) is 24.3 Å². The summed E-state index contributed by atoms with van der Waals surface area (Å²) in [5.41, 5.74) is 1.67. The van der Waals surface area contributed by atoms with Crippen molar-refractivity contribution in [3.63, 3.8) is 0 Å². The Balaban J connectivity index is 1.02. The van der Waals surface area contributed by atoms with Crippen molar-refractivity contribution in [3.8, 4) is 11.5 Å². The maximum Gasteiger partial charge on any atom is 0.294 e. The summed E-state index contributed by atoms with van der Waals surface area (Å²) in [5, 5.41) is 5.02. The first-order valence-electron chi connectivity index (χ1n) is 12.4. The summed E-state index contributed by atoms with van der Waals surface area (Å²) < 4.78 is 22.4. The van der Waals surface area contributed by atoms with Crippen LogP contribution in [0.5, 0.6) is 11.5 Å². The van der Waals surface area contributed by atoms with E-state index < -0.39 is 0 Å². The van der Waals surface area contributed by atoms with Crippen LogP contribution >= 0.6 is 24.4 Å². The van der Waals surface area contributed by atoms with E-state index >= 15 is 0 Å². The van der Waals surface area contributed by atoms with Crippen LogP contribution in [0.3, 0.4) is 0 Å². The topological polar surface area (TPSA) is 95.1 Å². The molecule has 2 heterocycles. The molecule has 3 aliphatic rings. The molecule has 38 heavy (non-hydrogen) atoms. The third-order valence-electron chi connectivity index (χ3n) is 6.58. The van der Waals surface area contributed by atoms with Crippen molar-refractivity contribution in [2.75, 3.05) is 13.2 Å². The molecule has 0 aromatic heterocycles. The first-order chi connectivity index (χ1) is 18.4. The Morgan fingerprint density at radius 2 is 1.05 bits per heavy atom. The average Bonchev–Trinajstić information content (AvgIpc) is 3.41. The van der Waals surface area contributed by atoms with Gasteiger partial charge in [0.1, 0.15) is 11.5 Å². The predicted molar refractivity (Wildman–Crippen MR) is 149 cm³/mol. The van der Waals surface area contributed by atoms with Crippen LogP contribution in [0.25, 0.3) is 12.2 Å². The Kier molecular flexibility index (Phi) is 8.00. The van der Waals surface area contributed by atoms with Crippen LogP contribution in [0.4, 0.5) is 0 Å². The van der Waals surface area contributed by atoms with E-state index in [1.54, 1.807) is 12.2 Å². The lowest BCUT2D eigenvalue weighted by Gasteiger charge is -2.28. The van der Waals surface area contributed by atoms with Crippen LogP contribution in [-0.2, 0) is 19.1 Å². The highest BCUT2D eigenvalue weighted by Crippen LogP contribution is 2.30. The number of thiocarbonyl (C=S) groups is 2. The van der Waals surface area contributed by atoms with Crippen molar-refractivity contribution >= 4 is 58.8 Å². The van der Waals surface area contributed by atoms with Crippen LogP contribution in [-0.4, -0.2) is 35.4 Å². The Morgan fingerprint density at radius 1 is 0.684 bits per heavy atom. The molecule has 5 rings (SSSR count). The van der Waals surface area contributed by atoms with Gasteiger partial charge in [0, 0.05) is 0 Å². The molecule has 196 valence electrons. The fourth-order valence-corrected chi connectivity index (χ4v) is 4.82. The maximum absolute atomic E-state index is 11.7. The lowest BCUT2D eigenvalue weighted by Crippen LogP contribution is -2.23. The van der Waals surface area contributed by atoms with E-state index in [0.717, 1.165) is 48.3 Å². The summed E-state index contributed by atoms with van der Waals surface area (Å²) in [6.07, 6.45) is 7.69. The van der Waals surface area contributed by atoms with Gasteiger partial charge in [0.15, 0.2) is 11.5 Å². The smallest absolute Gasteiger partial charge is 0.294 e. The summed E-state index contributed by atoms with van der Waals surface area (Å²) >= 11 is 9.68. The molecule has 8 nitrogen and oxygen atoms in total. The van der Waals surface area contributed by atoms with Gasteiger partial charge in [-0.15, -0.1) is 0 Å².